The zero-order valence-corrected chi connectivity index (χ0v) is 14.7. The Bertz CT molecular complexity index is 737. The average molecular weight is 326 g/mol. The van der Waals surface area contributed by atoms with Gasteiger partial charge in [0, 0.05) is 43.5 Å². The van der Waals surface area contributed by atoms with Gasteiger partial charge in [0.05, 0.1) is 6.20 Å². The second kappa shape index (κ2) is 6.77. The van der Waals surface area contributed by atoms with Crippen LogP contribution in [0.5, 0.6) is 0 Å². The Morgan fingerprint density at radius 3 is 2.88 bits per heavy atom. The van der Waals surface area contributed by atoms with E-state index in [1.54, 1.807) is 10.9 Å². The third kappa shape index (κ3) is 3.08. The van der Waals surface area contributed by atoms with Crippen LogP contribution in [0.15, 0.2) is 30.6 Å². The van der Waals surface area contributed by atoms with Crippen molar-refractivity contribution in [2.24, 2.45) is 18.7 Å². The number of rotatable bonds is 3. The first-order chi connectivity index (χ1) is 11.5. The van der Waals surface area contributed by atoms with Crippen LogP contribution < -0.4 is 5.73 Å². The molecule has 1 fully saturated rings. The van der Waals surface area contributed by atoms with Gasteiger partial charge in [-0.1, -0.05) is 24.6 Å². The van der Waals surface area contributed by atoms with Crippen molar-refractivity contribution in [3.05, 3.63) is 41.7 Å². The molecule has 1 aliphatic rings. The molecule has 5 nitrogen and oxygen atoms in total. The van der Waals surface area contributed by atoms with E-state index in [1.165, 1.54) is 0 Å². The highest BCUT2D eigenvalue weighted by molar-refractivity contribution is 6.01. The maximum atomic E-state index is 13.3. The number of benzene rings is 1. The molecule has 2 heterocycles. The van der Waals surface area contributed by atoms with E-state index < -0.39 is 0 Å². The molecule has 1 aromatic heterocycles. The van der Waals surface area contributed by atoms with Crippen molar-refractivity contribution in [3.8, 4) is 11.1 Å². The minimum atomic E-state index is 0.0829. The number of carbonyl (C=O) groups excluding carboxylic acids is 1. The molecular weight excluding hydrogens is 300 g/mol. The predicted molar refractivity (Wildman–Crippen MR) is 95.7 cm³/mol. The fraction of sp³-hybridized carbons (Fsp3) is 0.474. The van der Waals surface area contributed by atoms with Crippen LogP contribution in [0.25, 0.3) is 11.1 Å². The van der Waals surface area contributed by atoms with Crippen molar-refractivity contribution in [1.29, 1.82) is 0 Å². The Morgan fingerprint density at radius 2 is 2.21 bits per heavy atom. The molecular formula is C19H26N4O. The summed E-state index contributed by atoms with van der Waals surface area (Å²) in [7, 11) is 1.88. The number of likely N-dealkylation sites (tertiary alicyclic amines) is 1. The molecule has 5 heteroatoms. The highest BCUT2D eigenvalue weighted by Gasteiger charge is 2.32. The number of nitrogens with zero attached hydrogens (tertiary/aromatic N) is 3. The number of aromatic nitrogens is 2. The Hall–Kier alpha value is -2.14. The first-order valence-corrected chi connectivity index (χ1v) is 8.62. The minimum absolute atomic E-state index is 0.0829. The topological polar surface area (TPSA) is 64.2 Å². The molecule has 128 valence electrons. The molecule has 2 atom stereocenters. The molecule has 3 rings (SSSR count). The Labute approximate surface area is 143 Å². The molecule has 0 bridgehead atoms. The van der Waals surface area contributed by atoms with Crippen molar-refractivity contribution in [1.82, 2.24) is 14.7 Å². The molecule has 0 unspecified atom stereocenters. The lowest BCUT2D eigenvalue weighted by molar-refractivity contribution is 0.0533. The van der Waals surface area contributed by atoms with Crippen LogP contribution in [-0.4, -0.2) is 39.7 Å². The van der Waals surface area contributed by atoms with Crippen LogP contribution in [0.4, 0.5) is 0 Å². The molecule has 0 aliphatic carbocycles. The average Bonchev–Trinajstić information content (AvgIpc) is 3.00. The maximum Gasteiger partial charge on any atom is 0.254 e. The summed E-state index contributed by atoms with van der Waals surface area (Å²) in [4.78, 5) is 15.3. The molecule has 1 amide bonds. The van der Waals surface area contributed by atoms with Crippen molar-refractivity contribution < 1.29 is 4.79 Å². The number of aryl methyl sites for hydroxylation is 2. The zero-order valence-electron chi connectivity index (χ0n) is 14.7. The second-order valence-corrected chi connectivity index (χ2v) is 6.87. The Morgan fingerprint density at radius 1 is 1.42 bits per heavy atom. The smallest absolute Gasteiger partial charge is 0.254 e. The van der Waals surface area contributed by atoms with Crippen molar-refractivity contribution in [2.45, 2.75) is 32.7 Å². The van der Waals surface area contributed by atoms with Crippen LogP contribution >= 0.6 is 0 Å². The molecule has 1 aliphatic heterocycles. The van der Waals surface area contributed by atoms with Crippen LogP contribution in [0.1, 0.15) is 35.7 Å². The van der Waals surface area contributed by atoms with Crippen molar-refractivity contribution in [2.75, 3.05) is 13.1 Å². The summed E-state index contributed by atoms with van der Waals surface area (Å²) in [5, 5.41) is 4.24. The van der Waals surface area contributed by atoms with Gasteiger partial charge >= 0.3 is 0 Å². The Balaban J connectivity index is 2.01. The number of nitrogens with two attached hydrogens (primary N) is 1. The number of hydrogen-bond acceptors (Lipinski definition) is 3. The first-order valence-electron chi connectivity index (χ1n) is 8.62. The van der Waals surface area contributed by atoms with E-state index in [-0.39, 0.29) is 11.9 Å². The fourth-order valence-corrected chi connectivity index (χ4v) is 3.66. The zero-order chi connectivity index (χ0) is 17.3. The van der Waals surface area contributed by atoms with Gasteiger partial charge in [0.15, 0.2) is 0 Å². The van der Waals surface area contributed by atoms with Gasteiger partial charge in [0.1, 0.15) is 0 Å². The standard InChI is InChI=1S/C19H26N4O/c1-13-6-7-16(15-11-21-22(3)12-15)17(9-13)19(24)23-8-4-5-14(2)18(23)10-20/h6-7,9,11-12,14,18H,4-5,8,10,20H2,1-3H3/t14-,18+/m0/s1. The van der Waals surface area contributed by atoms with Gasteiger partial charge in [-0.2, -0.15) is 5.10 Å². The minimum Gasteiger partial charge on any atom is -0.334 e. The largest absolute Gasteiger partial charge is 0.334 e. The lowest BCUT2D eigenvalue weighted by Crippen LogP contribution is -2.51. The first kappa shape index (κ1) is 16.7. The monoisotopic (exact) mass is 326 g/mol. The molecule has 0 radical (unpaired) electrons. The van der Waals surface area contributed by atoms with Crippen molar-refractivity contribution >= 4 is 5.91 Å². The van der Waals surface area contributed by atoms with Gasteiger partial charge in [0.2, 0.25) is 0 Å². The fourth-order valence-electron chi connectivity index (χ4n) is 3.66. The molecule has 0 saturated carbocycles. The summed E-state index contributed by atoms with van der Waals surface area (Å²) in [5.74, 6) is 0.527. The van der Waals surface area contributed by atoms with Crippen molar-refractivity contribution in [3.63, 3.8) is 0 Å². The number of amides is 1. The lowest BCUT2D eigenvalue weighted by atomic mass is 9.89. The van der Waals surface area contributed by atoms with Gasteiger partial charge < -0.3 is 10.6 Å². The lowest BCUT2D eigenvalue weighted by Gasteiger charge is -2.39. The summed E-state index contributed by atoms with van der Waals surface area (Å²) in [6.07, 6.45) is 5.92. The maximum absolute atomic E-state index is 13.3. The van der Waals surface area contributed by atoms with Crippen LogP contribution in [0, 0.1) is 12.8 Å². The summed E-state index contributed by atoms with van der Waals surface area (Å²) < 4.78 is 1.76. The van der Waals surface area contributed by atoms with E-state index in [9.17, 15) is 4.79 Å². The highest BCUT2D eigenvalue weighted by Crippen LogP contribution is 2.29. The molecule has 2 aromatic rings. The van der Waals surface area contributed by atoms with Crippen LogP contribution in [0.2, 0.25) is 0 Å². The summed E-state index contributed by atoms with van der Waals surface area (Å²) in [6, 6.07) is 6.16. The van der Waals surface area contributed by atoms with Gasteiger partial charge in [-0.15, -0.1) is 0 Å². The van der Waals surface area contributed by atoms with Gasteiger partial charge in [-0.05, 0) is 37.3 Å². The summed E-state index contributed by atoms with van der Waals surface area (Å²) in [5.41, 5.74) is 9.71. The molecule has 24 heavy (non-hydrogen) atoms. The van der Waals surface area contributed by atoms with E-state index >= 15 is 0 Å². The van der Waals surface area contributed by atoms with E-state index in [0.717, 1.165) is 41.6 Å². The third-order valence-electron chi connectivity index (χ3n) is 5.04. The van der Waals surface area contributed by atoms with E-state index in [0.29, 0.717) is 12.5 Å². The predicted octanol–water partition coefficient (Wildman–Crippen LogP) is 2.59. The molecule has 0 spiro atoms. The normalized spacial score (nSPS) is 21.1. The van der Waals surface area contributed by atoms with Crippen LogP contribution in [-0.2, 0) is 7.05 Å². The van der Waals surface area contributed by atoms with Gasteiger partial charge in [-0.3, -0.25) is 9.48 Å². The second-order valence-electron chi connectivity index (χ2n) is 6.87. The van der Waals surface area contributed by atoms with Gasteiger partial charge in [0.25, 0.3) is 5.91 Å². The third-order valence-corrected chi connectivity index (χ3v) is 5.04. The quantitative estimate of drug-likeness (QED) is 0.943. The number of carbonyl (C=O) groups is 1. The Kier molecular flexibility index (Phi) is 4.71. The number of hydrogen-bond donors (Lipinski definition) is 1. The van der Waals surface area contributed by atoms with E-state index in [2.05, 4.69) is 12.0 Å². The molecule has 1 aromatic carbocycles. The van der Waals surface area contributed by atoms with Gasteiger partial charge in [-0.25, -0.2) is 0 Å². The molecule has 2 N–H and O–H groups in total. The van der Waals surface area contributed by atoms with Crippen LogP contribution in [0.3, 0.4) is 0 Å². The summed E-state index contributed by atoms with van der Waals surface area (Å²) >= 11 is 0. The molecule has 1 saturated heterocycles. The van der Waals surface area contributed by atoms with E-state index in [4.69, 9.17) is 5.73 Å². The highest BCUT2D eigenvalue weighted by atomic mass is 16.2. The number of piperidine rings is 1. The van der Waals surface area contributed by atoms with E-state index in [1.807, 2.05) is 43.3 Å². The summed E-state index contributed by atoms with van der Waals surface area (Å²) in [6.45, 7) is 5.50. The SMILES string of the molecule is Cc1ccc(-c2cnn(C)c2)c(C(=O)N2CCC[C@H](C)[C@H]2CN)c1.